The van der Waals surface area contributed by atoms with E-state index < -0.39 is 0 Å². The molecule has 0 saturated heterocycles. The first-order chi connectivity index (χ1) is 30.7. The first kappa shape index (κ1) is 51.1. The molecular weight excluding hydrogens is 891 g/mol. The van der Waals surface area contributed by atoms with Crippen LogP contribution in [0.1, 0.15) is 111 Å². The summed E-state index contributed by atoms with van der Waals surface area (Å²) in [5, 5.41) is 17.4. The van der Waals surface area contributed by atoms with Gasteiger partial charge in [-0.1, -0.05) is 47.5 Å². The number of hydrogen-bond acceptors (Lipinski definition) is 8. The van der Waals surface area contributed by atoms with E-state index in [2.05, 4.69) is 94.3 Å². The van der Waals surface area contributed by atoms with Gasteiger partial charge in [0, 0.05) is 70.7 Å². The molecule has 0 bridgehead atoms. The molecule has 10 nitrogen and oxygen atoms in total. The molecule has 15 heteroatoms. The van der Waals surface area contributed by atoms with E-state index in [1.54, 1.807) is 35.6 Å². The van der Waals surface area contributed by atoms with Gasteiger partial charge in [-0.05, 0) is 163 Å². The van der Waals surface area contributed by atoms with Gasteiger partial charge in [0.2, 0.25) is 23.6 Å². The minimum Gasteiger partial charge on any atom is -0.356 e. The third kappa shape index (κ3) is 15.1. The lowest BCUT2D eigenvalue weighted by Gasteiger charge is -2.44. The van der Waals surface area contributed by atoms with Crippen molar-refractivity contribution in [2.75, 3.05) is 34.7 Å². The molecule has 2 heterocycles. The molecule has 0 atom stereocenters. The molecule has 4 amide bonds. The Balaban J connectivity index is 0.000000241. The Labute approximate surface area is 397 Å². The first-order valence-corrected chi connectivity index (χ1v) is 24.9. The molecular formula is C49H65Cl2FN6O4S2. The zero-order chi connectivity index (χ0) is 46.1. The van der Waals surface area contributed by atoms with Crippen molar-refractivity contribution in [1.29, 1.82) is 0 Å². The molecule has 2 aromatic heterocycles. The van der Waals surface area contributed by atoms with Crippen molar-refractivity contribution in [1.82, 2.24) is 31.1 Å². The Kier molecular flexibility index (Phi) is 20.1. The molecule has 2 saturated carbocycles. The highest BCUT2D eigenvalue weighted by Crippen LogP contribution is 2.44. The Morgan fingerprint density at radius 3 is 1.62 bits per heavy atom. The molecule has 64 heavy (non-hydrogen) atoms. The predicted molar refractivity (Wildman–Crippen MR) is 259 cm³/mol. The summed E-state index contributed by atoms with van der Waals surface area (Å²) < 4.78 is 13.2. The number of rotatable bonds is 19. The largest absolute Gasteiger partial charge is 0.356 e. The maximum Gasteiger partial charge on any atom is 0.220 e. The number of thiophene rings is 2. The number of nitrogens with zero attached hydrogens (tertiary/aromatic N) is 2. The lowest BCUT2D eigenvalue weighted by molar-refractivity contribution is -0.124. The van der Waals surface area contributed by atoms with Gasteiger partial charge in [-0.3, -0.25) is 29.0 Å². The molecule has 2 fully saturated rings. The van der Waals surface area contributed by atoms with Crippen molar-refractivity contribution >= 4 is 69.5 Å². The van der Waals surface area contributed by atoms with Crippen molar-refractivity contribution in [2.24, 2.45) is 0 Å². The zero-order valence-electron chi connectivity index (χ0n) is 37.7. The summed E-state index contributed by atoms with van der Waals surface area (Å²) in [4.78, 5) is 56.3. The van der Waals surface area contributed by atoms with Crippen LogP contribution in [-0.2, 0) is 43.2 Å². The fourth-order valence-electron chi connectivity index (χ4n) is 8.90. The molecule has 2 aromatic carbocycles. The van der Waals surface area contributed by atoms with E-state index in [0.717, 1.165) is 62.5 Å². The molecule has 2 aliphatic rings. The van der Waals surface area contributed by atoms with E-state index in [1.807, 2.05) is 17.4 Å². The number of benzene rings is 2. The molecule has 348 valence electrons. The van der Waals surface area contributed by atoms with Gasteiger partial charge in [0.1, 0.15) is 5.82 Å². The Hall–Kier alpha value is -3.85. The van der Waals surface area contributed by atoms with Gasteiger partial charge in [-0.2, -0.15) is 0 Å². The Bertz CT molecular complexity index is 2090. The summed E-state index contributed by atoms with van der Waals surface area (Å²) in [5.74, 6) is -0.390. The van der Waals surface area contributed by atoms with E-state index in [1.165, 1.54) is 21.9 Å². The molecule has 0 unspecified atom stereocenters. The fourth-order valence-corrected chi connectivity index (χ4v) is 11.4. The topological polar surface area (TPSA) is 123 Å². The summed E-state index contributed by atoms with van der Waals surface area (Å²) in [6.07, 6.45) is 10.9. The number of carbonyl (C=O) groups excluding carboxylic acids is 4. The number of carbonyl (C=O) groups is 4. The minimum atomic E-state index is -0.267. The van der Waals surface area contributed by atoms with Gasteiger partial charge < -0.3 is 21.3 Å². The highest BCUT2D eigenvalue weighted by Gasteiger charge is 2.41. The zero-order valence-corrected chi connectivity index (χ0v) is 40.8. The highest BCUT2D eigenvalue weighted by atomic mass is 35.5. The second-order valence-corrected chi connectivity index (χ2v) is 20.2. The van der Waals surface area contributed by atoms with Crippen LogP contribution in [0.25, 0.3) is 0 Å². The minimum absolute atomic E-state index is 0.0224. The molecule has 4 aromatic rings. The van der Waals surface area contributed by atoms with Gasteiger partial charge in [0.05, 0.1) is 11.1 Å². The monoisotopic (exact) mass is 954 g/mol. The molecule has 4 N–H and O–H groups in total. The van der Waals surface area contributed by atoms with Crippen LogP contribution in [0.4, 0.5) is 4.39 Å². The smallest absolute Gasteiger partial charge is 0.220 e. The SMILES string of the molecule is CN(C)C1(c2cccs2)CCC(NC(=O)CCCC(=O)NCCc2cccc(F)c2)CC1.CN(C)C1(c2cccs2)CCC(NC(=O)CCCC(=O)NCc2cc(Cl)ccc2Cl)CC1. The van der Waals surface area contributed by atoms with Crippen LogP contribution in [0.15, 0.2) is 77.5 Å². The van der Waals surface area contributed by atoms with E-state index in [0.29, 0.717) is 68.1 Å². The maximum atomic E-state index is 13.2. The van der Waals surface area contributed by atoms with E-state index in [9.17, 15) is 23.6 Å². The summed E-state index contributed by atoms with van der Waals surface area (Å²) >= 11 is 15.7. The maximum absolute atomic E-state index is 13.2. The van der Waals surface area contributed by atoms with Gasteiger partial charge >= 0.3 is 0 Å². The number of amides is 4. The van der Waals surface area contributed by atoms with Crippen LogP contribution in [0.2, 0.25) is 10.0 Å². The second-order valence-electron chi connectivity index (χ2n) is 17.4. The van der Waals surface area contributed by atoms with Gasteiger partial charge in [0.25, 0.3) is 0 Å². The quantitative estimate of drug-likeness (QED) is 0.0743. The molecule has 0 radical (unpaired) electrons. The van der Waals surface area contributed by atoms with Crippen molar-refractivity contribution in [3.63, 3.8) is 0 Å². The molecule has 2 aliphatic carbocycles. The summed E-state index contributed by atoms with van der Waals surface area (Å²) in [7, 11) is 8.57. The predicted octanol–water partition coefficient (Wildman–Crippen LogP) is 9.59. The van der Waals surface area contributed by atoms with Crippen molar-refractivity contribution in [2.45, 2.75) is 126 Å². The Morgan fingerprint density at radius 2 is 1.16 bits per heavy atom. The van der Waals surface area contributed by atoms with Crippen LogP contribution in [-0.4, -0.2) is 80.2 Å². The Morgan fingerprint density at radius 1 is 0.656 bits per heavy atom. The van der Waals surface area contributed by atoms with Crippen molar-refractivity contribution < 1.29 is 23.6 Å². The number of hydrogen-bond donors (Lipinski definition) is 4. The molecule has 0 spiro atoms. The van der Waals surface area contributed by atoms with Gasteiger partial charge in [-0.25, -0.2) is 4.39 Å². The first-order valence-electron chi connectivity index (χ1n) is 22.4. The summed E-state index contributed by atoms with van der Waals surface area (Å²) in [6.45, 7) is 0.790. The van der Waals surface area contributed by atoms with Gasteiger partial charge in [0.15, 0.2) is 0 Å². The van der Waals surface area contributed by atoms with Crippen molar-refractivity contribution in [3.05, 3.63) is 114 Å². The van der Waals surface area contributed by atoms with Crippen molar-refractivity contribution in [3.8, 4) is 0 Å². The number of halogens is 3. The fraction of sp³-hybridized carbons (Fsp3) is 0.510. The van der Waals surface area contributed by atoms with E-state index in [-0.39, 0.29) is 52.6 Å². The summed E-state index contributed by atoms with van der Waals surface area (Å²) in [6, 6.07) is 20.6. The number of nitrogens with one attached hydrogen (secondary N) is 4. The van der Waals surface area contributed by atoms with E-state index in [4.69, 9.17) is 23.2 Å². The lowest BCUT2D eigenvalue weighted by Crippen LogP contribution is -2.48. The van der Waals surface area contributed by atoms with E-state index >= 15 is 0 Å². The standard InChI is InChI=1S/C25H34FN3O2S.C24H31Cl2N3O2S/c1-29(2)25(22-8-5-17-32-22)14-11-21(12-15-25)28-24(31)10-4-9-23(30)27-16-13-19-6-3-7-20(26)18-19;1-29(2)24(21-5-4-14-32-21)12-10-19(11-13-24)28-23(31)7-3-6-22(30)27-16-17-15-18(25)8-9-20(17)26/h3,5-8,17-18,21H,4,9-16H2,1-2H3,(H,27,30)(H,28,31);4-5,8-9,14-15,19H,3,6-7,10-13,16H2,1-2H3,(H,27,30)(H,28,31). The third-order valence-electron chi connectivity index (χ3n) is 12.8. The molecule has 6 rings (SSSR count). The van der Waals surface area contributed by atoms with Crippen LogP contribution in [0.5, 0.6) is 0 Å². The highest BCUT2D eigenvalue weighted by molar-refractivity contribution is 7.10. The normalized spacial score (nSPS) is 20.8. The lowest BCUT2D eigenvalue weighted by atomic mass is 9.77. The average molecular weight is 956 g/mol. The van der Waals surface area contributed by atoms with Crippen LogP contribution in [0, 0.1) is 5.82 Å². The van der Waals surface area contributed by atoms with Gasteiger partial charge in [-0.15, -0.1) is 22.7 Å². The second kappa shape index (κ2) is 25.2. The van der Waals surface area contributed by atoms with Crippen LogP contribution in [0.3, 0.4) is 0 Å². The van der Waals surface area contributed by atoms with Crippen LogP contribution >= 0.6 is 45.9 Å². The third-order valence-corrected chi connectivity index (χ3v) is 15.5. The summed E-state index contributed by atoms with van der Waals surface area (Å²) in [5.41, 5.74) is 1.77. The van der Waals surface area contributed by atoms with Crippen LogP contribution < -0.4 is 21.3 Å². The molecule has 0 aliphatic heterocycles. The average Bonchev–Trinajstić information content (AvgIpc) is 4.02.